The van der Waals surface area contributed by atoms with Crippen LogP contribution in [0.4, 0.5) is 0 Å². The van der Waals surface area contributed by atoms with Gasteiger partial charge in [0.2, 0.25) is 0 Å². The second-order valence-corrected chi connectivity index (χ2v) is 9.41. The van der Waals surface area contributed by atoms with E-state index in [0.717, 1.165) is 0 Å². The van der Waals surface area contributed by atoms with Crippen LogP contribution < -0.4 is 0 Å². The third-order valence-corrected chi connectivity index (χ3v) is 7.36. The average molecular weight is 395 g/mol. The molecule has 0 bridgehead atoms. The zero-order valence-electron chi connectivity index (χ0n) is 17.7. The summed E-state index contributed by atoms with van der Waals surface area (Å²) in [6, 6.07) is 36.2. The van der Waals surface area contributed by atoms with Gasteiger partial charge in [-0.3, -0.25) is 0 Å². The van der Waals surface area contributed by atoms with E-state index in [4.69, 9.17) is 0 Å². The van der Waals surface area contributed by atoms with Crippen molar-refractivity contribution in [1.29, 1.82) is 0 Å². The smallest absolute Gasteiger partial charge is 0.0165 e. The van der Waals surface area contributed by atoms with Crippen molar-refractivity contribution >= 4 is 43.1 Å². The highest BCUT2D eigenvalue weighted by Crippen LogP contribution is 2.52. The minimum atomic E-state index is -0.0771. The lowest BCUT2D eigenvalue weighted by atomic mass is 9.66. The third-order valence-electron chi connectivity index (χ3n) is 7.36. The largest absolute Gasteiger partial charge is 0.0616 e. The molecule has 0 N–H and O–H groups in total. The summed E-state index contributed by atoms with van der Waals surface area (Å²) in [6.45, 7) is 4.79. The molecule has 146 valence electrons. The third kappa shape index (κ3) is 2.15. The lowest BCUT2D eigenvalue weighted by Crippen LogP contribution is -2.24. The lowest BCUT2D eigenvalue weighted by molar-refractivity contribution is 0.651. The summed E-state index contributed by atoms with van der Waals surface area (Å²) in [5.74, 6) is 0. The van der Waals surface area contributed by atoms with Crippen molar-refractivity contribution in [1.82, 2.24) is 0 Å². The van der Waals surface area contributed by atoms with Crippen LogP contribution in [0.15, 0.2) is 97.1 Å². The minimum absolute atomic E-state index is 0.0771. The number of hydrogen-bond donors (Lipinski definition) is 0. The van der Waals surface area contributed by atoms with Crippen molar-refractivity contribution in [3.8, 4) is 11.1 Å². The Hall–Kier alpha value is -3.64. The second kappa shape index (κ2) is 5.74. The van der Waals surface area contributed by atoms with E-state index in [1.807, 2.05) is 0 Å². The molecular weight excluding hydrogens is 372 g/mol. The Morgan fingerprint density at radius 2 is 1.16 bits per heavy atom. The summed E-state index contributed by atoms with van der Waals surface area (Å²) in [7, 11) is 0. The minimum Gasteiger partial charge on any atom is -0.0616 e. The fourth-order valence-corrected chi connectivity index (χ4v) is 5.94. The lowest BCUT2D eigenvalue weighted by Gasteiger charge is -2.36. The van der Waals surface area contributed by atoms with Gasteiger partial charge < -0.3 is 0 Å². The van der Waals surface area contributed by atoms with Gasteiger partial charge >= 0.3 is 0 Å². The Kier molecular flexibility index (Phi) is 3.16. The van der Waals surface area contributed by atoms with E-state index < -0.39 is 0 Å². The van der Waals surface area contributed by atoms with Crippen LogP contribution in [0.5, 0.6) is 0 Å². The summed E-state index contributed by atoms with van der Waals surface area (Å²) in [4.78, 5) is 0. The number of rotatable bonds is 0. The van der Waals surface area contributed by atoms with E-state index in [-0.39, 0.29) is 5.41 Å². The quantitative estimate of drug-likeness (QED) is 0.179. The first-order valence-electron chi connectivity index (χ1n) is 11.0. The molecule has 0 saturated carbocycles. The van der Waals surface area contributed by atoms with Crippen LogP contribution in [0.3, 0.4) is 0 Å². The molecule has 0 fully saturated rings. The van der Waals surface area contributed by atoms with Crippen molar-refractivity contribution in [2.75, 3.05) is 0 Å². The van der Waals surface area contributed by atoms with E-state index in [9.17, 15) is 0 Å². The first-order chi connectivity index (χ1) is 15.1. The first-order valence-corrected chi connectivity index (χ1v) is 11.0. The highest BCUT2D eigenvalue weighted by atomic mass is 14.4. The van der Waals surface area contributed by atoms with Crippen LogP contribution in [0, 0.1) is 0 Å². The van der Waals surface area contributed by atoms with Gasteiger partial charge in [0, 0.05) is 5.41 Å². The monoisotopic (exact) mass is 394 g/mol. The average Bonchev–Trinajstić information content (AvgIpc) is 2.80. The molecule has 0 heterocycles. The maximum absolute atomic E-state index is 2.40. The zero-order valence-corrected chi connectivity index (χ0v) is 17.7. The molecule has 0 amide bonds. The molecule has 6 aromatic rings. The van der Waals surface area contributed by atoms with Crippen molar-refractivity contribution < 1.29 is 0 Å². The summed E-state index contributed by atoms with van der Waals surface area (Å²) in [6.07, 6.45) is 0. The van der Waals surface area contributed by atoms with E-state index in [1.165, 1.54) is 65.3 Å². The Balaban J connectivity index is 1.72. The fourth-order valence-electron chi connectivity index (χ4n) is 5.94. The maximum atomic E-state index is 2.40. The number of hydrogen-bond acceptors (Lipinski definition) is 0. The summed E-state index contributed by atoms with van der Waals surface area (Å²) >= 11 is 0. The molecule has 0 radical (unpaired) electrons. The van der Waals surface area contributed by atoms with Gasteiger partial charge in [-0.2, -0.15) is 0 Å². The molecule has 31 heavy (non-hydrogen) atoms. The molecule has 6 aromatic carbocycles. The second-order valence-electron chi connectivity index (χ2n) is 9.41. The van der Waals surface area contributed by atoms with Crippen molar-refractivity contribution in [3.05, 3.63) is 108 Å². The van der Waals surface area contributed by atoms with Crippen molar-refractivity contribution in [2.45, 2.75) is 19.3 Å². The Bertz CT molecular complexity index is 1700. The van der Waals surface area contributed by atoms with Crippen LogP contribution in [0.2, 0.25) is 0 Å². The van der Waals surface area contributed by atoms with E-state index in [1.54, 1.807) is 0 Å². The van der Waals surface area contributed by atoms with Gasteiger partial charge in [-0.15, -0.1) is 0 Å². The van der Waals surface area contributed by atoms with Crippen LogP contribution in [0.25, 0.3) is 54.2 Å². The Morgan fingerprint density at radius 1 is 0.484 bits per heavy atom. The van der Waals surface area contributed by atoms with E-state index >= 15 is 0 Å². The van der Waals surface area contributed by atoms with E-state index in [2.05, 4.69) is 111 Å². The van der Waals surface area contributed by atoms with Crippen LogP contribution in [0.1, 0.15) is 25.0 Å². The van der Waals surface area contributed by atoms with Gasteiger partial charge in [0.25, 0.3) is 0 Å². The molecule has 7 rings (SSSR count). The molecule has 1 aliphatic rings. The molecule has 0 heteroatoms. The highest BCUT2D eigenvalue weighted by Gasteiger charge is 2.35. The number of benzene rings is 6. The summed E-state index contributed by atoms with van der Waals surface area (Å²) in [5.41, 5.74) is 5.55. The predicted octanol–water partition coefficient (Wildman–Crippen LogP) is 8.61. The van der Waals surface area contributed by atoms with Crippen molar-refractivity contribution in [3.63, 3.8) is 0 Å². The van der Waals surface area contributed by atoms with Crippen LogP contribution >= 0.6 is 0 Å². The topological polar surface area (TPSA) is 0 Å². The number of fused-ring (bicyclic) bond motifs is 7. The molecule has 0 spiro atoms. The Labute approximate surface area is 181 Å². The molecule has 0 unspecified atom stereocenters. The molecule has 0 aromatic heterocycles. The van der Waals surface area contributed by atoms with Gasteiger partial charge in [-0.05, 0) is 83.5 Å². The standard InChI is InChI=1S/C31H22/c1-31(2)28-13-7-12-24-23-11-6-5-10-21(23)18-27(29(24)28)25-15-14-22-16-19-8-3-4-9-20(19)17-26(22)30(25)31/h3-18H,1-2H3. The molecule has 0 atom stereocenters. The summed E-state index contributed by atoms with van der Waals surface area (Å²) in [5, 5.41) is 10.7. The highest BCUT2D eigenvalue weighted by molar-refractivity contribution is 6.18. The van der Waals surface area contributed by atoms with Gasteiger partial charge in [-0.25, -0.2) is 0 Å². The zero-order chi connectivity index (χ0) is 20.7. The van der Waals surface area contributed by atoms with Gasteiger partial charge in [0.05, 0.1) is 0 Å². The molecular formula is C31H22. The van der Waals surface area contributed by atoms with E-state index in [0.29, 0.717) is 0 Å². The van der Waals surface area contributed by atoms with Crippen molar-refractivity contribution in [2.24, 2.45) is 0 Å². The maximum Gasteiger partial charge on any atom is 0.0165 e. The normalized spacial score (nSPS) is 14.4. The molecule has 0 aliphatic heterocycles. The van der Waals surface area contributed by atoms with Crippen LogP contribution in [-0.4, -0.2) is 0 Å². The predicted molar refractivity (Wildman–Crippen MR) is 134 cm³/mol. The summed E-state index contributed by atoms with van der Waals surface area (Å²) < 4.78 is 0. The van der Waals surface area contributed by atoms with Crippen LogP contribution in [-0.2, 0) is 5.41 Å². The van der Waals surface area contributed by atoms with Gasteiger partial charge in [-0.1, -0.05) is 92.7 Å². The molecule has 0 nitrogen and oxygen atoms in total. The first kappa shape index (κ1) is 17.1. The van der Waals surface area contributed by atoms with Gasteiger partial charge in [0.15, 0.2) is 0 Å². The SMILES string of the molecule is CC1(C)c2c(ccc3cc4ccccc4cc23)-c2cc3ccccc3c3cccc1c23. The fraction of sp³-hybridized carbons (Fsp3) is 0.0968. The molecule has 0 saturated heterocycles. The van der Waals surface area contributed by atoms with Gasteiger partial charge in [0.1, 0.15) is 0 Å². The Morgan fingerprint density at radius 3 is 2.00 bits per heavy atom. The molecule has 1 aliphatic carbocycles.